The molecular formula is C24H16Cl2N4O5S2. The Morgan fingerprint density at radius 3 is 2.11 bits per heavy atom. The number of rotatable bonds is 6. The Labute approximate surface area is 221 Å². The predicted octanol–water partition coefficient (Wildman–Crippen LogP) is 4.59. The van der Waals surface area contributed by atoms with Crippen LogP contribution in [0.4, 0.5) is 5.69 Å². The minimum atomic E-state index is -4.21. The highest BCUT2D eigenvalue weighted by Gasteiger charge is 2.21. The van der Waals surface area contributed by atoms with Gasteiger partial charge in [-0.25, -0.2) is 18.2 Å². The number of nitrogens with one attached hydrogen (secondary N) is 2. The standard InChI is InChI=1S/C24H16Cl2N4O5S2/c25-20-6-3-7-21(26)23(20)28-36(32,33)18-10-11-22-19(13-18)24(31)30(14-27-22)29-37(34,35)17-9-8-15-4-1-2-5-16(15)12-17/h1-14,28-29H. The lowest BCUT2D eigenvalue weighted by molar-refractivity contribution is 0.593. The van der Waals surface area contributed by atoms with Crippen molar-refractivity contribution in [3.05, 3.63) is 106 Å². The molecule has 0 aliphatic rings. The molecule has 188 valence electrons. The second-order valence-corrected chi connectivity index (χ2v) is 12.1. The molecule has 5 aromatic rings. The summed E-state index contributed by atoms with van der Waals surface area (Å²) in [6.07, 6.45) is 1.01. The third kappa shape index (κ3) is 4.86. The zero-order chi connectivity index (χ0) is 26.4. The van der Waals surface area contributed by atoms with Crippen molar-refractivity contribution in [1.29, 1.82) is 0 Å². The van der Waals surface area contributed by atoms with Crippen LogP contribution in [0.1, 0.15) is 0 Å². The maximum atomic E-state index is 13.1. The highest BCUT2D eigenvalue weighted by Crippen LogP contribution is 2.32. The third-order valence-electron chi connectivity index (χ3n) is 5.49. The molecule has 0 aliphatic heterocycles. The number of para-hydroxylation sites is 1. The summed E-state index contributed by atoms with van der Waals surface area (Å²) in [5, 5.41) is 1.60. The summed E-state index contributed by atoms with van der Waals surface area (Å²) in [5.41, 5.74) is -0.666. The Balaban J connectivity index is 1.52. The summed E-state index contributed by atoms with van der Waals surface area (Å²) in [6.45, 7) is 0. The number of nitrogens with zero attached hydrogens (tertiary/aromatic N) is 2. The number of benzene rings is 4. The number of halogens is 2. The lowest BCUT2D eigenvalue weighted by Crippen LogP contribution is -2.33. The van der Waals surface area contributed by atoms with Gasteiger partial charge in [-0.2, -0.15) is 13.1 Å². The van der Waals surface area contributed by atoms with E-state index in [-0.39, 0.29) is 36.4 Å². The Morgan fingerprint density at radius 1 is 0.730 bits per heavy atom. The molecule has 0 bridgehead atoms. The minimum Gasteiger partial charge on any atom is -0.277 e. The average molecular weight is 575 g/mol. The summed E-state index contributed by atoms with van der Waals surface area (Å²) in [4.78, 5) is 19.1. The van der Waals surface area contributed by atoms with Gasteiger partial charge < -0.3 is 0 Å². The van der Waals surface area contributed by atoms with Crippen molar-refractivity contribution in [3.63, 3.8) is 0 Å². The van der Waals surface area contributed by atoms with Crippen molar-refractivity contribution >= 4 is 70.6 Å². The number of aromatic nitrogens is 2. The van der Waals surface area contributed by atoms with Crippen molar-refractivity contribution in [2.24, 2.45) is 0 Å². The Hall–Kier alpha value is -3.64. The first-order chi connectivity index (χ1) is 17.5. The van der Waals surface area contributed by atoms with E-state index >= 15 is 0 Å². The molecule has 13 heteroatoms. The smallest absolute Gasteiger partial charge is 0.277 e. The molecule has 0 aliphatic carbocycles. The number of fused-ring (bicyclic) bond motifs is 2. The Bertz CT molecular complexity index is 1960. The minimum absolute atomic E-state index is 0.0160. The molecule has 0 spiro atoms. The monoisotopic (exact) mass is 574 g/mol. The molecule has 2 N–H and O–H groups in total. The molecule has 0 saturated heterocycles. The van der Waals surface area contributed by atoms with Gasteiger partial charge in [0.25, 0.3) is 25.6 Å². The summed E-state index contributed by atoms with van der Waals surface area (Å²) >= 11 is 12.1. The molecule has 0 radical (unpaired) electrons. The van der Waals surface area contributed by atoms with Crippen LogP contribution >= 0.6 is 23.2 Å². The summed E-state index contributed by atoms with van der Waals surface area (Å²) in [6, 6.07) is 20.0. The van der Waals surface area contributed by atoms with Gasteiger partial charge in [-0.05, 0) is 53.2 Å². The van der Waals surface area contributed by atoms with Gasteiger partial charge in [0.05, 0.1) is 36.4 Å². The van der Waals surface area contributed by atoms with Gasteiger partial charge in [-0.1, -0.05) is 59.6 Å². The van der Waals surface area contributed by atoms with Crippen molar-refractivity contribution in [1.82, 2.24) is 9.66 Å². The lowest BCUT2D eigenvalue weighted by atomic mass is 10.1. The van der Waals surface area contributed by atoms with Crippen LogP contribution in [-0.2, 0) is 20.0 Å². The van der Waals surface area contributed by atoms with Crippen LogP contribution < -0.4 is 15.1 Å². The molecule has 0 fully saturated rings. The Kier molecular flexibility index (Phi) is 6.32. The van der Waals surface area contributed by atoms with Crippen LogP contribution in [0.3, 0.4) is 0 Å². The van der Waals surface area contributed by atoms with Gasteiger partial charge in [0, 0.05) is 0 Å². The van der Waals surface area contributed by atoms with Crippen molar-refractivity contribution in [3.8, 4) is 0 Å². The first-order valence-electron chi connectivity index (χ1n) is 10.5. The summed E-state index contributed by atoms with van der Waals surface area (Å²) in [5.74, 6) is 0. The van der Waals surface area contributed by atoms with Gasteiger partial charge in [0.2, 0.25) is 0 Å². The fourth-order valence-electron chi connectivity index (χ4n) is 3.64. The largest absolute Gasteiger partial charge is 0.280 e. The van der Waals surface area contributed by atoms with Crippen LogP contribution in [0.25, 0.3) is 21.7 Å². The normalized spacial score (nSPS) is 12.1. The third-order valence-corrected chi connectivity index (χ3v) is 8.78. The van der Waals surface area contributed by atoms with Crippen LogP contribution in [0, 0.1) is 0 Å². The van der Waals surface area contributed by atoms with E-state index in [2.05, 4.69) is 14.5 Å². The quantitative estimate of drug-likeness (QED) is 0.305. The molecule has 0 atom stereocenters. The molecule has 1 heterocycles. The second kappa shape index (κ2) is 9.34. The van der Waals surface area contributed by atoms with E-state index in [0.717, 1.165) is 17.8 Å². The van der Waals surface area contributed by atoms with Crippen LogP contribution in [0.2, 0.25) is 10.0 Å². The summed E-state index contributed by atoms with van der Waals surface area (Å²) in [7, 11) is -8.38. The van der Waals surface area contributed by atoms with E-state index in [1.54, 1.807) is 24.3 Å². The van der Waals surface area contributed by atoms with E-state index < -0.39 is 25.6 Å². The molecule has 1 aromatic heterocycles. The van der Waals surface area contributed by atoms with E-state index in [1.165, 1.54) is 36.4 Å². The van der Waals surface area contributed by atoms with E-state index in [9.17, 15) is 21.6 Å². The highest BCUT2D eigenvalue weighted by molar-refractivity contribution is 7.93. The van der Waals surface area contributed by atoms with Crippen molar-refractivity contribution < 1.29 is 16.8 Å². The zero-order valence-corrected chi connectivity index (χ0v) is 21.7. The fraction of sp³-hybridized carbons (Fsp3) is 0. The van der Waals surface area contributed by atoms with Crippen LogP contribution in [0.5, 0.6) is 0 Å². The van der Waals surface area contributed by atoms with Crippen LogP contribution in [-0.4, -0.2) is 26.5 Å². The van der Waals surface area contributed by atoms with Gasteiger partial charge in [-0.3, -0.25) is 9.52 Å². The molecule has 9 nitrogen and oxygen atoms in total. The predicted molar refractivity (Wildman–Crippen MR) is 144 cm³/mol. The maximum Gasteiger partial charge on any atom is 0.280 e. The molecule has 37 heavy (non-hydrogen) atoms. The molecule has 4 aromatic carbocycles. The lowest BCUT2D eigenvalue weighted by Gasteiger charge is -2.13. The van der Waals surface area contributed by atoms with E-state index in [0.29, 0.717) is 10.1 Å². The van der Waals surface area contributed by atoms with Gasteiger partial charge in [-0.15, -0.1) is 0 Å². The first kappa shape index (κ1) is 25.0. The number of hydrogen-bond acceptors (Lipinski definition) is 6. The number of anilines is 1. The van der Waals surface area contributed by atoms with Gasteiger partial charge in [0.15, 0.2) is 0 Å². The molecule has 5 rings (SSSR count). The van der Waals surface area contributed by atoms with E-state index in [1.807, 2.05) is 12.1 Å². The van der Waals surface area contributed by atoms with Gasteiger partial charge in [0.1, 0.15) is 6.33 Å². The Morgan fingerprint density at radius 2 is 1.38 bits per heavy atom. The SMILES string of the molecule is O=c1c2cc(S(=O)(=O)Nc3c(Cl)cccc3Cl)ccc2ncn1NS(=O)(=O)c1ccc2ccccc2c1. The van der Waals surface area contributed by atoms with Crippen LogP contribution in [0.15, 0.2) is 99.8 Å². The number of sulfonamides is 2. The first-order valence-corrected chi connectivity index (χ1v) is 14.3. The zero-order valence-electron chi connectivity index (χ0n) is 18.6. The van der Waals surface area contributed by atoms with Gasteiger partial charge >= 0.3 is 0 Å². The molecular weight excluding hydrogens is 559 g/mol. The maximum absolute atomic E-state index is 13.1. The second-order valence-electron chi connectivity index (χ2n) is 7.90. The average Bonchev–Trinajstić information content (AvgIpc) is 2.87. The van der Waals surface area contributed by atoms with E-state index in [4.69, 9.17) is 23.2 Å². The topological polar surface area (TPSA) is 127 Å². The summed E-state index contributed by atoms with van der Waals surface area (Å²) < 4.78 is 55.0. The molecule has 0 amide bonds. The number of hydrogen-bond donors (Lipinski definition) is 2. The van der Waals surface area contributed by atoms with Crippen molar-refractivity contribution in [2.75, 3.05) is 9.55 Å². The molecule has 0 saturated carbocycles. The fourth-order valence-corrected chi connectivity index (χ4v) is 6.39. The van der Waals surface area contributed by atoms with Crippen molar-refractivity contribution in [2.45, 2.75) is 9.79 Å². The molecule has 0 unspecified atom stereocenters. The highest BCUT2D eigenvalue weighted by atomic mass is 35.5.